The van der Waals surface area contributed by atoms with Crippen molar-refractivity contribution in [2.75, 3.05) is 5.32 Å². The third-order valence-corrected chi connectivity index (χ3v) is 5.51. The number of anilines is 1. The number of hydrogen-bond acceptors (Lipinski definition) is 4. The van der Waals surface area contributed by atoms with Crippen molar-refractivity contribution in [3.05, 3.63) is 60.2 Å². The van der Waals surface area contributed by atoms with Crippen LogP contribution in [0.3, 0.4) is 0 Å². The molecule has 2 aromatic carbocycles. The van der Waals surface area contributed by atoms with Crippen molar-refractivity contribution < 1.29 is 4.79 Å². The number of para-hydroxylation sites is 2. The first kappa shape index (κ1) is 17.6. The Bertz CT molecular complexity index is 838. The van der Waals surface area contributed by atoms with Crippen LogP contribution in [-0.2, 0) is 11.3 Å². The fourth-order valence-electron chi connectivity index (χ4n) is 4.12. The zero-order chi connectivity index (χ0) is 18.7. The first-order chi connectivity index (χ1) is 13.1. The minimum absolute atomic E-state index is 0.0500. The van der Waals surface area contributed by atoms with Gasteiger partial charge in [0.15, 0.2) is 0 Å². The van der Waals surface area contributed by atoms with Gasteiger partial charge in [-0.3, -0.25) is 4.79 Å². The van der Waals surface area contributed by atoms with Gasteiger partial charge in [-0.2, -0.15) is 0 Å². The molecule has 1 spiro atoms. The molecular formula is C22H26N4O. The van der Waals surface area contributed by atoms with E-state index >= 15 is 0 Å². The monoisotopic (exact) mass is 362 g/mol. The van der Waals surface area contributed by atoms with E-state index in [1.165, 1.54) is 5.56 Å². The highest BCUT2D eigenvalue weighted by molar-refractivity contribution is 6.00. The minimum Gasteiger partial charge on any atom is -0.371 e. The number of carbonyl (C=O) groups is 1. The van der Waals surface area contributed by atoms with E-state index < -0.39 is 0 Å². The summed E-state index contributed by atoms with van der Waals surface area (Å²) in [5.74, 6) is 1.06. The number of rotatable bonds is 3. The molecule has 1 aliphatic carbocycles. The number of benzene rings is 2. The maximum Gasteiger partial charge on any atom is 0.217 e. The Morgan fingerprint density at radius 3 is 2.56 bits per heavy atom. The van der Waals surface area contributed by atoms with Gasteiger partial charge in [0.25, 0.3) is 0 Å². The van der Waals surface area contributed by atoms with Crippen LogP contribution in [0.2, 0.25) is 0 Å². The fourth-order valence-corrected chi connectivity index (χ4v) is 4.12. The lowest BCUT2D eigenvalue weighted by molar-refractivity contribution is -0.119. The molecule has 0 unspecified atom stereocenters. The molecule has 0 radical (unpaired) electrons. The Labute approximate surface area is 160 Å². The van der Waals surface area contributed by atoms with Gasteiger partial charge in [-0.15, -0.1) is 0 Å². The second kappa shape index (κ2) is 7.43. The topological polar surface area (TPSA) is 65.5 Å². The number of nitrogens with one attached hydrogen (secondary N) is 3. The van der Waals surface area contributed by atoms with Gasteiger partial charge in [-0.1, -0.05) is 42.5 Å². The van der Waals surface area contributed by atoms with Crippen LogP contribution in [0.15, 0.2) is 59.6 Å². The first-order valence-electron chi connectivity index (χ1n) is 9.66. The van der Waals surface area contributed by atoms with E-state index in [-0.39, 0.29) is 17.5 Å². The van der Waals surface area contributed by atoms with E-state index in [1.807, 2.05) is 24.3 Å². The molecule has 1 heterocycles. The predicted molar refractivity (Wildman–Crippen MR) is 109 cm³/mol. The van der Waals surface area contributed by atoms with Gasteiger partial charge in [0.05, 0.1) is 16.9 Å². The lowest BCUT2D eigenvalue weighted by atomic mass is 9.77. The van der Waals surface area contributed by atoms with Gasteiger partial charge < -0.3 is 16.0 Å². The van der Waals surface area contributed by atoms with Crippen molar-refractivity contribution in [2.24, 2.45) is 4.99 Å². The third kappa shape index (κ3) is 3.82. The van der Waals surface area contributed by atoms with E-state index in [1.54, 1.807) is 6.92 Å². The molecule has 2 aromatic rings. The van der Waals surface area contributed by atoms with E-state index in [2.05, 4.69) is 46.3 Å². The Balaban J connectivity index is 1.56. The van der Waals surface area contributed by atoms with Crippen molar-refractivity contribution in [3.63, 3.8) is 0 Å². The van der Waals surface area contributed by atoms with Crippen molar-refractivity contribution in [1.82, 2.24) is 10.6 Å². The van der Waals surface area contributed by atoms with Crippen LogP contribution >= 0.6 is 0 Å². The predicted octanol–water partition coefficient (Wildman–Crippen LogP) is 3.75. The molecule has 0 saturated heterocycles. The van der Waals surface area contributed by atoms with Crippen molar-refractivity contribution >= 4 is 23.1 Å². The summed E-state index contributed by atoms with van der Waals surface area (Å²) in [4.78, 5) is 16.4. The molecule has 5 nitrogen and oxygen atoms in total. The van der Waals surface area contributed by atoms with Gasteiger partial charge in [0.1, 0.15) is 5.84 Å². The molecule has 0 bridgehead atoms. The maximum atomic E-state index is 11.4. The highest BCUT2D eigenvalue weighted by Gasteiger charge is 2.42. The van der Waals surface area contributed by atoms with E-state index in [0.717, 1.165) is 49.4 Å². The molecule has 1 fully saturated rings. The highest BCUT2D eigenvalue weighted by Crippen LogP contribution is 2.40. The molecular weight excluding hydrogens is 336 g/mol. The van der Waals surface area contributed by atoms with Crippen LogP contribution in [0.4, 0.5) is 11.4 Å². The average molecular weight is 362 g/mol. The van der Waals surface area contributed by atoms with Crippen molar-refractivity contribution in [2.45, 2.75) is 50.7 Å². The highest BCUT2D eigenvalue weighted by atomic mass is 16.1. The molecule has 140 valence electrons. The summed E-state index contributed by atoms with van der Waals surface area (Å²) in [6.45, 7) is 2.34. The van der Waals surface area contributed by atoms with E-state index in [9.17, 15) is 4.79 Å². The first-order valence-corrected chi connectivity index (χ1v) is 9.66. The Hall–Kier alpha value is -2.82. The van der Waals surface area contributed by atoms with Gasteiger partial charge in [0, 0.05) is 19.5 Å². The molecule has 5 heteroatoms. The van der Waals surface area contributed by atoms with Gasteiger partial charge in [0.2, 0.25) is 5.91 Å². The number of aliphatic imine (C=N–C) groups is 1. The fraction of sp³-hybridized carbons (Fsp3) is 0.364. The normalized spacial score (nSPS) is 23.7. The Kier molecular flexibility index (Phi) is 4.84. The number of nitrogens with zero attached hydrogens (tertiary/aromatic N) is 1. The summed E-state index contributed by atoms with van der Waals surface area (Å²) in [6, 6.07) is 18.8. The van der Waals surface area contributed by atoms with Crippen LogP contribution in [0.1, 0.15) is 38.2 Å². The maximum absolute atomic E-state index is 11.4. The molecule has 1 aliphatic heterocycles. The molecule has 1 amide bonds. The van der Waals surface area contributed by atoms with Crippen LogP contribution in [0, 0.1) is 0 Å². The summed E-state index contributed by atoms with van der Waals surface area (Å²) < 4.78 is 0. The standard InChI is InChI=1S/C22H26N4O/c1-16(27)24-18-11-13-22(14-12-18)21(23-15-17-7-3-2-4-8-17)25-19-9-5-6-10-20(19)26-22/h2-10,18,26H,11-15H2,1H3,(H,23,25)(H,24,27). The van der Waals surface area contributed by atoms with Crippen molar-refractivity contribution in [1.29, 1.82) is 0 Å². The third-order valence-electron chi connectivity index (χ3n) is 5.51. The zero-order valence-electron chi connectivity index (χ0n) is 15.7. The average Bonchev–Trinajstić information content (AvgIpc) is 2.69. The molecule has 3 N–H and O–H groups in total. The number of amidine groups is 1. The van der Waals surface area contributed by atoms with E-state index in [4.69, 9.17) is 4.99 Å². The number of amides is 1. The second-order valence-electron chi connectivity index (χ2n) is 7.50. The summed E-state index contributed by atoms with van der Waals surface area (Å²) in [5.41, 5.74) is 3.10. The van der Waals surface area contributed by atoms with Crippen LogP contribution in [0.25, 0.3) is 0 Å². The molecule has 0 atom stereocenters. The summed E-state index contributed by atoms with van der Waals surface area (Å²) in [5, 5.41) is 10.4. The smallest absolute Gasteiger partial charge is 0.217 e. The summed E-state index contributed by atoms with van der Waals surface area (Å²) >= 11 is 0. The number of fused-ring (bicyclic) bond motifs is 1. The van der Waals surface area contributed by atoms with Crippen LogP contribution in [-0.4, -0.2) is 23.3 Å². The molecule has 0 aromatic heterocycles. The van der Waals surface area contributed by atoms with Crippen LogP contribution in [0.5, 0.6) is 0 Å². The lowest BCUT2D eigenvalue weighted by Crippen LogP contribution is -2.57. The SMILES string of the molecule is CC(=O)NC1CCC2(CC1)Nc1ccccc1N=C2NCc1ccccc1. The summed E-state index contributed by atoms with van der Waals surface area (Å²) in [7, 11) is 0. The molecule has 2 aliphatic rings. The van der Waals surface area contributed by atoms with Crippen molar-refractivity contribution in [3.8, 4) is 0 Å². The Morgan fingerprint density at radius 1 is 1.11 bits per heavy atom. The molecule has 27 heavy (non-hydrogen) atoms. The molecule has 1 saturated carbocycles. The summed E-state index contributed by atoms with van der Waals surface area (Å²) in [6.07, 6.45) is 3.77. The number of hydrogen-bond donors (Lipinski definition) is 3. The van der Waals surface area contributed by atoms with Gasteiger partial charge in [-0.05, 0) is 43.4 Å². The minimum atomic E-state index is -0.196. The lowest BCUT2D eigenvalue weighted by Gasteiger charge is -2.44. The largest absolute Gasteiger partial charge is 0.371 e. The quantitative estimate of drug-likeness (QED) is 0.779. The second-order valence-corrected chi connectivity index (χ2v) is 7.50. The van der Waals surface area contributed by atoms with Crippen LogP contribution < -0.4 is 16.0 Å². The number of carbonyl (C=O) groups excluding carboxylic acids is 1. The van der Waals surface area contributed by atoms with Gasteiger partial charge >= 0.3 is 0 Å². The molecule has 4 rings (SSSR count). The zero-order valence-corrected chi connectivity index (χ0v) is 15.7. The Morgan fingerprint density at radius 2 is 1.81 bits per heavy atom. The van der Waals surface area contributed by atoms with E-state index in [0.29, 0.717) is 0 Å². The van der Waals surface area contributed by atoms with Gasteiger partial charge in [-0.25, -0.2) is 4.99 Å².